The lowest BCUT2D eigenvalue weighted by molar-refractivity contribution is -0.113. The molecular weight excluding hydrogens is 430 g/mol. The summed E-state index contributed by atoms with van der Waals surface area (Å²) in [4.78, 5) is 12.4. The van der Waals surface area contributed by atoms with Crippen LogP contribution in [0.3, 0.4) is 0 Å². The molecule has 0 atom stereocenters. The third kappa shape index (κ3) is 5.70. The van der Waals surface area contributed by atoms with E-state index in [1.165, 1.54) is 11.8 Å². The number of anilines is 2. The Hall–Kier alpha value is -3.73. The highest BCUT2D eigenvalue weighted by atomic mass is 32.2. The maximum Gasteiger partial charge on any atom is 0.264 e. The summed E-state index contributed by atoms with van der Waals surface area (Å²) in [7, 11) is 3.08. The maximum atomic E-state index is 12.4. The van der Waals surface area contributed by atoms with Gasteiger partial charge in [-0.25, -0.2) is 10.1 Å². The van der Waals surface area contributed by atoms with Gasteiger partial charge >= 0.3 is 0 Å². The van der Waals surface area contributed by atoms with Crippen LogP contribution >= 0.6 is 11.8 Å². The molecule has 0 bridgehead atoms. The molecule has 11 heteroatoms. The van der Waals surface area contributed by atoms with Crippen LogP contribution < -0.4 is 26.1 Å². The van der Waals surface area contributed by atoms with E-state index in [-0.39, 0.29) is 17.6 Å². The summed E-state index contributed by atoms with van der Waals surface area (Å²) in [5.41, 5.74) is 5.25. The zero-order valence-corrected chi connectivity index (χ0v) is 18.8. The number of rotatable bonds is 10. The molecule has 0 aliphatic carbocycles. The van der Waals surface area contributed by atoms with E-state index in [4.69, 9.17) is 15.3 Å². The van der Waals surface area contributed by atoms with Gasteiger partial charge in [0, 0.05) is 6.07 Å². The van der Waals surface area contributed by atoms with Gasteiger partial charge in [-0.3, -0.25) is 4.79 Å². The predicted octanol–water partition coefficient (Wildman–Crippen LogP) is 2.97. The topological polar surface area (TPSA) is 129 Å². The Morgan fingerprint density at radius 3 is 2.62 bits per heavy atom. The molecule has 4 N–H and O–H groups in total. The number of carbonyl (C=O) groups is 1. The molecular formula is C21H25N7O3S. The highest BCUT2D eigenvalue weighted by Gasteiger charge is 2.14. The number of amides is 1. The van der Waals surface area contributed by atoms with Gasteiger partial charge < -0.3 is 20.6 Å². The molecule has 1 amide bonds. The summed E-state index contributed by atoms with van der Waals surface area (Å²) < 4.78 is 11.7. The first-order valence-electron chi connectivity index (χ1n) is 9.78. The van der Waals surface area contributed by atoms with Gasteiger partial charge in [0.25, 0.3) is 5.95 Å². The standard InChI is InChI=1S/C21H25N7O3S/c1-4-16(14-8-6-5-7-9-14)24-25-20-26-27-21(28(20)22)32-13-19(29)23-17-11-10-15(30-2)12-18(17)31-3/h5-12H,4,13,22H2,1-3H3,(H,23,29)(H,25,26)/b24-16-. The van der Waals surface area contributed by atoms with Crippen LogP contribution in [-0.2, 0) is 4.79 Å². The quantitative estimate of drug-likeness (QED) is 0.184. The summed E-state index contributed by atoms with van der Waals surface area (Å²) in [5, 5.41) is 15.6. The van der Waals surface area contributed by atoms with E-state index in [0.717, 1.165) is 29.5 Å². The first kappa shape index (κ1) is 22.9. The number of carbonyl (C=O) groups excluding carboxylic acids is 1. The van der Waals surface area contributed by atoms with E-state index in [1.807, 2.05) is 37.3 Å². The Morgan fingerprint density at radius 2 is 1.94 bits per heavy atom. The Bertz CT molecular complexity index is 1090. The molecule has 10 nitrogen and oxygen atoms in total. The van der Waals surface area contributed by atoms with Gasteiger partial charge in [0.1, 0.15) is 11.5 Å². The average molecular weight is 456 g/mol. The number of nitrogens with two attached hydrogens (primary N) is 1. The number of ether oxygens (including phenoxy) is 2. The van der Waals surface area contributed by atoms with Gasteiger partial charge in [-0.05, 0) is 24.1 Å². The van der Waals surface area contributed by atoms with Crippen molar-refractivity contribution in [2.45, 2.75) is 18.5 Å². The second kappa shape index (κ2) is 11.0. The lowest BCUT2D eigenvalue weighted by atomic mass is 10.1. The molecule has 32 heavy (non-hydrogen) atoms. The molecule has 0 fully saturated rings. The van der Waals surface area contributed by atoms with Crippen molar-refractivity contribution in [3.63, 3.8) is 0 Å². The number of nitrogen functional groups attached to an aromatic ring is 1. The summed E-state index contributed by atoms with van der Waals surface area (Å²) in [6, 6.07) is 15.0. The predicted molar refractivity (Wildman–Crippen MR) is 126 cm³/mol. The van der Waals surface area contributed by atoms with Crippen LogP contribution in [0, 0.1) is 0 Å². The van der Waals surface area contributed by atoms with Crippen molar-refractivity contribution >= 4 is 35.0 Å². The van der Waals surface area contributed by atoms with Crippen molar-refractivity contribution in [3.05, 3.63) is 54.1 Å². The molecule has 0 saturated carbocycles. The smallest absolute Gasteiger partial charge is 0.264 e. The average Bonchev–Trinajstić information content (AvgIpc) is 3.18. The van der Waals surface area contributed by atoms with Gasteiger partial charge in [0.05, 0.1) is 31.4 Å². The molecule has 3 rings (SSSR count). The van der Waals surface area contributed by atoms with Gasteiger partial charge in [0.2, 0.25) is 11.1 Å². The fraction of sp³-hybridized carbons (Fsp3) is 0.238. The number of aromatic nitrogens is 3. The van der Waals surface area contributed by atoms with Crippen LogP contribution in [0.1, 0.15) is 18.9 Å². The van der Waals surface area contributed by atoms with E-state index < -0.39 is 0 Å². The molecule has 1 heterocycles. The number of methoxy groups -OCH3 is 2. The van der Waals surface area contributed by atoms with Gasteiger partial charge in [-0.15, -0.1) is 10.2 Å². The number of hydrazone groups is 1. The highest BCUT2D eigenvalue weighted by Crippen LogP contribution is 2.29. The molecule has 0 saturated heterocycles. The fourth-order valence-corrected chi connectivity index (χ4v) is 3.42. The molecule has 2 aromatic carbocycles. The van der Waals surface area contributed by atoms with Crippen LogP contribution in [0.5, 0.6) is 11.5 Å². The number of hydrogen-bond acceptors (Lipinski definition) is 9. The molecule has 1 aromatic heterocycles. The van der Waals surface area contributed by atoms with Crippen LogP contribution in [-0.4, -0.2) is 46.5 Å². The number of nitrogens with one attached hydrogen (secondary N) is 2. The van der Waals surface area contributed by atoms with Crippen LogP contribution in [0.4, 0.5) is 11.6 Å². The summed E-state index contributed by atoms with van der Waals surface area (Å²) in [5.74, 6) is 7.30. The van der Waals surface area contributed by atoms with Crippen molar-refractivity contribution in [2.24, 2.45) is 5.10 Å². The summed E-state index contributed by atoms with van der Waals surface area (Å²) >= 11 is 1.15. The van der Waals surface area contributed by atoms with E-state index >= 15 is 0 Å². The Balaban J connectivity index is 1.60. The SMILES string of the molecule is CC/C(=N/Nc1nnc(SCC(=O)Nc2ccc(OC)cc2OC)n1N)c1ccccc1. The van der Waals surface area contributed by atoms with Crippen LogP contribution in [0.15, 0.2) is 58.8 Å². The normalized spacial score (nSPS) is 11.2. The van der Waals surface area contributed by atoms with Gasteiger partial charge in [-0.1, -0.05) is 49.0 Å². The number of thioether (sulfide) groups is 1. The number of hydrogen-bond donors (Lipinski definition) is 3. The van der Waals surface area contributed by atoms with Crippen molar-refractivity contribution in [1.82, 2.24) is 14.9 Å². The Labute approximate surface area is 190 Å². The van der Waals surface area contributed by atoms with E-state index in [9.17, 15) is 4.79 Å². The zero-order chi connectivity index (χ0) is 22.9. The van der Waals surface area contributed by atoms with Crippen molar-refractivity contribution in [3.8, 4) is 11.5 Å². The lowest BCUT2D eigenvalue weighted by Gasteiger charge is -2.11. The molecule has 0 radical (unpaired) electrons. The fourth-order valence-electron chi connectivity index (χ4n) is 2.77. The second-order valence-electron chi connectivity index (χ2n) is 6.47. The molecule has 0 aliphatic heterocycles. The number of nitrogens with zero attached hydrogens (tertiary/aromatic N) is 4. The van der Waals surface area contributed by atoms with E-state index in [0.29, 0.717) is 22.3 Å². The van der Waals surface area contributed by atoms with Crippen LogP contribution in [0.2, 0.25) is 0 Å². The molecule has 0 spiro atoms. The Kier molecular flexibility index (Phi) is 7.92. The molecule has 168 valence electrons. The minimum atomic E-state index is -0.244. The zero-order valence-electron chi connectivity index (χ0n) is 18.0. The number of benzene rings is 2. The minimum absolute atomic E-state index is 0.0814. The highest BCUT2D eigenvalue weighted by molar-refractivity contribution is 7.99. The van der Waals surface area contributed by atoms with E-state index in [2.05, 4.69) is 26.0 Å². The van der Waals surface area contributed by atoms with Crippen LogP contribution in [0.25, 0.3) is 0 Å². The van der Waals surface area contributed by atoms with Crippen molar-refractivity contribution < 1.29 is 14.3 Å². The van der Waals surface area contributed by atoms with Crippen molar-refractivity contribution in [1.29, 1.82) is 0 Å². The van der Waals surface area contributed by atoms with Gasteiger partial charge in [-0.2, -0.15) is 5.10 Å². The van der Waals surface area contributed by atoms with E-state index in [1.54, 1.807) is 25.3 Å². The first-order chi connectivity index (χ1) is 15.5. The maximum absolute atomic E-state index is 12.4. The molecule has 3 aromatic rings. The molecule has 0 unspecified atom stereocenters. The lowest BCUT2D eigenvalue weighted by Crippen LogP contribution is -2.17. The largest absolute Gasteiger partial charge is 0.497 e. The van der Waals surface area contributed by atoms with Gasteiger partial charge in [0.15, 0.2) is 0 Å². The third-order valence-electron chi connectivity index (χ3n) is 4.41. The first-order valence-corrected chi connectivity index (χ1v) is 10.8. The minimum Gasteiger partial charge on any atom is -0.497 e. The second-order valence-corrected chi connectivity index (χ2v) is 7.41. The molecule has 0 aliphatic rings. The Morgan fingerprint density at radius 1 is 1.16 bits per heavy atom. The van der Waals surface area contributed by atoms with Crippen molar-refractivity contribution in [2.75, 3.05) is 36.6 Å². The summed E-state index contributed by atoms with van der Waals surface area (Å²) in [6.07, 6.45) is 0.728. The summed E-state index contributed by atoms with van der Waals surface area (Å²) in [6.45, 7) is 2.01. The third-order valence-corrected chi connectivity index (χ3v) is 5.36. The monoisotopic (exact) mass is 455 g/mol.